The largest absolute Gasteiger partial charge is 0.491 e. The molecule has 1 N–H and O–H groups in total. The predicted molar refractivity (Wildman–Crippen MR) is 143 cm³/mol. The molecule has 0 spiro atoms. The van der Waals surface area contributed by atoms with Crippen LogP contribution in [0.25, 0.3) is 10.1 Å². The smallest absolute Gasteiger partial charge is 0.253 e. The molecule has 0 fully saturated rings. The molecule has 0 aliphatic rings. The van der Waals surface area contributed by atoms with Crippen LogP contribution in [0.1, 0.15) is 73.8 Å². The molecule has 5 heteroatoms. The van der Waals surface area contributed by atoms with Crippen molar-refractivity contribution in [1.29, 1.82) is 0 Å². The number of rotatable bonds is 8. The first-order valence-corrected chi connectivity index (χ1v) is 12.9. The summed E-state index contributed by atoms with van der Waals surface area (Å²) in [7, 11) is 3.57. The van der Waals surface area contributed by atoms with Crippen molar-refractivity contribution in [3.63, 3.8) is 0 Å². The number of hydrogen-bond acceptors (Lipinski definition) is 4. The minimum atomic E-state index is -0.528. The van der Waals surface area contributed by atoms with Gasteiger partial charge in [-0.05, 0) is 66.0 Å². The number of aryl methyl sites for hydroxylation is 1. The number of fused-ring (bicyclic) bond motifs is 1. The van der Waals surface area contributed by atoms with Crippen molar-refractivity contribution in [2.75, 3.05) is 20.7 Å². The molecular weight excluding hydrogens is 442 g/mol. The molecule has 1 atom stereocenters. The Morgan fingerprint density at radius 1 is 1.06 bits per heavy atom. The fraction of sp³-hybridized carbons (Fsp3) is 0.483. The third-order valence-corrected chi connectivity index (χ3v) is 8.28. The molecule has 3 aromatic rings. The fourth-order valence-corrected chi connectivity index (χ4v) is 5.79. The van der Waals surface area contributed by atoms with Crippen molar-refractivity contribution in [2.24, 2.45) is 5.41 Å². The highest BCUT2D eigenvalue weighted by Crippen LogP contribution is 2.45. The second-order valence-electron chi connectivity index (χ2n) is 10.5. The summed E-state index contributed by atoms with van der Waals surface area (Å²) in [6, 6.07) is 14.7. The molecule has 0 radical (unpaired) electrons. The highest BCUT2D eigenvalue weighted by molar-refractivity contribution is 7.19. The van der Waals surface area contributed by atoms with Gasteiger partial charge >= 0.3 is 0 Å². The monoisotopic (exact) mass is 481 g/mol. The molecular formula is C29H39NO3S. The van der Waals surface area contributed by atoms with Gasteiger partial charge in [-0.2, -0.15) is 0 Å². The van der Waals surface area contributed by atoms with E-state index in [1.807, 2.05) is 39.0 Å². The predicted octanol–water partition coefficient (Wildman–Crippen LogP) is 6.80. The number of thiophene rings is 1. The summed E-state index contributed by atoms with van der Waals surface area (Å²) < 4.78 is 7.13. The Labute approximate surface area is 208 Å². The molecule has 1 unspecified atom stereocenters. The van der Waals surface area contributed by atoms with Gasteiger partial charge in [0, 0.05) is 34.7 Å². The molecule has 0 aliphatic heterocycles. The lowest BCUT2D eigenvalue weighted by Crippen LogP contribution is -2.32. The number of nitrogens with zero attached hydrogens (tertiary/aromatic N) is 1. The van der Waals surface area contributed by atoms with E-state index in [1.165, 1.54) is 15.8 Å². The van der Waals surface area contributed by atoms with Gasteiger partial charge in [0.15, 0.2) is 0 Å². The Bertz CT molecular complexity index is 1150. The van der Waals surface area contributed by atoms with E-state index in [9.17, 15) is 9.90 Å². The van der Waals surface area contributed by atoms with Crippen LogP contribution in [0, 0.1) is 12.3 Å². The fourth-order valence-electron chi connectivity index (χ4n) is 4.33. The van der Waals surface area contributed by atoms with Crippen molar-refractivity contribution in [1.82, 2.24) is 4.90 Å². The van der Waals surface area contributed by atoms with E-state index < -0.39 is 6.10 Å². The van der Waals surface area contributed by atoms with Crippen LogP contribution in [0.4, 0.5) is 0 Å². The quantitative estimate of drug-likeness (QED) is 0.385. The lowest BCUT2D eigenvalue weighted by atomic mass is 9.74. The Morgan fingerprint density at radius 3 is 2.29 bits per heavy atom. The summed E-state index contributed by atoms with van der Waals surface area (Å²) in [4.78, 5) is 15.4. The first-order valence-electron chi connectivity index (χ1n) is 12.1. The maximum absolute atomic E-state index is 12.4. The van der Waals surface area contributed by atoms with E-state index in [0.29, 0.717) is 0 Å². The topological polar surface area (TPSA) is 49.8 Å². The average Bonchev–Trinajstić information content (AvgIpc) is 3.22. The van der Waals surface area contributed by atoms with Crippen LogP contribution in [0.5, 0.6) is 5.75 Å². The maximum Gasteiger partial charge on any atom is 0.253 e. The number of aliphatic hydroxyl groups excluding tert-OH is 1. The molecule has 34 heavy (non-hydrogen) atoms. The standard InChI is InChI=1S/C29H39NO3S/c1-9-29(10-2,22-13-14-23(19(3)15-22)33-18-25(31)28(4,5)6)26-17-20-11-12-21(16-24(20)34-26)27(32)30(7)8/h11-17,25,31H,9-10,18H2,1-8H3. The molecule has 0 bridgehead atoms. The number of carbonyl (C=O) groups is 1. The van der Waals surface area contributed by atoms with Crippen molar-refractivity contribution in [3.05, 3.63) is 64.0 Å². The zero-order valence-corrected chi connectivity index (χ0v) is 22.7. The zero-order chi connectivity index (χ0) is 25.3. The van der Waals surface area contributed by atoms with E-state index in [-0.39, 0.29) is 23.3 Å². The number of hydrogen-bond donors (Lipinski definition) is 1. The van der Waals surface area contributed by atoms with Gasteiger partial charge in [-0.25, -0.2) is 0 Å². The molecule has 0 saturated heterocycles. The van der Waals surface area contributed by atoms with Crippen LogP contribution in [-0.4, -0.2) is 42.7 Å². The molecule has 0 saturated carbocycles. The Balaban J connectivity index is 1.96. The molecule has 1 amide bonds. The Hall–Kier alpha value is -2.37. The van der Waals surface area contributed by atoms with Gasteiger partial charge in [-0.15, -0.1) is 11.3 Å². The second-order valence-corrected chi connectivity index (χ2v) is 11.6. The third-order valence-electron chi connectivity index (χ3n) is 6.98. The van der Waals surface area contributed by atoms with Crippen LogP contribution >= 0.6 is 11.3 Å². The molecule has 184 valence electrons. The van der Waals surface area contributed by atoms with Gasteiger partial charge < -0.3 is 14.7 Å². The SMILES string of the molecule is CCC(CC)(c1ccc(OCC(O)C(C)(C)C)c(C)c1)c1cc2ccc(C(=O)N(C)C)cc2s1. The zero-order valence-electron chi connectivity index (χ0n) is 21.9. The average molecular weight is 482 g/mol. The number of benzene rings is 2. The molecule has 1 heterocycles. The van der Waals surface area contributed by atoms with Crippen LogP contribution in [0.3, 0.4) is 0 Å². The van der Waals surface area contributed by atoms with Gasteiger partial charge in [0.05, 0.1) is 6.10 Å². The maximum atomic E-state index is 12.4. The number of carbonyl (C=O) groups excluding carboxylic acids is 1. The first-order chi connectivity index (χ1) is 15.9. The van der Waals surface area contributed by atoms with Gasteiger partial charge in [-0.3, -0.25) is 4.79 Å². The van der Waals surface area contributed by atoms with Crippen LogP contribution in [0.15, 0.2) is 42.5 Å². The summed E-state index contributed by atoms with van der Waals surface area (Å²) in [5, 5.41) is 11.5. The van der Waals surface area contributed by atoms with Crippen LogP contribution in [0.2, 0.25) is 0 Å². The van der Waals surface area contributed by atoms with Crippen molar-refractivity contribution in [3.8, 4) is 5.75 Å². The van der Waals surface area contributed by atoms with E-state index in [2.05, 4.69) is 45.0 Å². The summed E-state index contributed by atoms with van der Waals surface area (Å²) in [5.41, 5.74) is 2.74. The molecule has 0 aliphatic carbocycles. The lowest BCUT2D eigenvalue weighted by molar-refractivity contribution is 0.0216. The minimum Gasteiger partial charge on any atom is -0.491 e. The molecule has 3 rings (SSSR count). The number of amides is 1. The molecule has 2 aromatic carbocycles. The minimum absolute atomic E-state index is 0.0249. The van der Waals surface area contributed by atoms with Gasteiger partial charge in [0.25, 0.3) is 5.91 Å². The first kappa shape index (κ1) is 26.2. The normalized spacial score (nSPS) is 13.2. The van der Waals surface area contributed by atoms with Gasteiger partial charge in [-0.1, -0.05) is 52.8 Å². The van der Waals surface area contributed by atoms with Crippen molar-refractivity contribution in [2.45, 2.75) is 65.9 Å². The summed E-state index contributed by atoms with van der Waals surface area (Å²) in [5.74, 6) is 0.841. The van der Waals surface area contributed by atoms with Gasteiger partial charge in [0.2, 0.25) is 0 Å². The van der Waals surface area contributed by atoms with E-state index >= 15 is 0 Å². The highest BCUT2D eigenvalue weighted by Gasteiger charge is 2.33. The Kier molecular flexibility index (Phi) is 7.79. The summed E-state index contributed by atoms with van der Waals surface area (Å²) in [6.07, 6.45) is 1.42. The Morgan fingerprint density at radius 2 is 1.74 bits per heavy atom. The number of aliphatic hydroxyl groups is 1. The second kappa shape index (κ2) is 10.1. The highest BCUT2D eigenvalue weighted by atomic mass is 32.1. The molecule has 1 aromatic heterocycles. The van der Waals surface area contributed by atoms with Crippen molar-refractivity contribution >= 4 is 27.3 Å². The van der Waals surface area contributed by atoms with Crippen LogP contribution < -0.4 is 4.74 Å². The third kappa shape index (κ3) is 5.16. The molecule has 4 nitrogen and oxygen atoms in total. The van der Waals surface area contributed by atoms with Crippen molar-refractivity contribution < 1.29 is 14.6 Å². The van der Waals surface area contributed by atoms with Crippen LogP contribution in [-0.2, 0) is 5.41 Å². The van der Waals surface area contributed by atoms with E-state index in [1.54, 1.807) is 30.3 Å². The summed E-state index contributed by atoms with van der Waals surface area (Å²) in [6.45, 7) is 12.9. The number of ether oxygens (including phenoxy) is 1. The van der Waals surface area contributed by atoms with Gasteiger partial charge in [0.1, 0.15) is 12.4 Å². The van der Waals surface area contributed by atoms with E-state index in [4.69, 9.17) is 4.74 Å². The van der Waals surface area contributed by atoms with E-state index in [0.717, 1.165) is 34.4 Å². The summed E-state index contributed by atoms with van der Waals surface area (Å²) >= 11 is 1.78. The lowest BCUT2D eigenvalue weighted by Gasteiger charge is -2.32.